The number of anilines is 4. The minimum atomic E-state index is 0.557. The predicted octanol–water partition coefficient (Wildman–Crippen LogP) is 10.1. The number of nitrogens with zero attached hydrogens (tertiary/aromatic N) is 6. The van der Waals surface area contributed by atoms with Crippen molar-refractivity contribution >= 4 is 23.3 Å². The summed E-state index contributed by atoms with van der Waals surface area (Å²) in [5, 5.41) is 6.64. The summed E-state index contributed by atoms with van der Waals surface area (Å²) >= 11 is 0. The van der Waals surface area contributed by atoms with Crippen LogP contribution in [0, 0.1) is 0 Å². The fraction of sp³-hybridized carbons (Fsp3) is 0.208. The molecule has 2 aromatic heterocycles. The van der Waals surface area contributed by atoms with Gasteiger partial charge in [0.1, 0.15) is 11.5 Å². The third-order valence-corrected chi connectivity index (χ3v) is 9.01. The number of aromatic nitrogens is 4. The van der Waals surface area contributed by atoms with Gasteiger partial charge in [0.15, 0.2) is 0 Å². The molecule has 0 saturated carbocycles. The Morgan fingerprint density at radius 2 is 1.64 bits per heavy atom. The maximum atomic E-state index is 5.90. The molecule has 7 rings (SSSR count). The zero-order chi connectivity index (χ0) is 40.4. The molecule has 0 saturated heterocycles. The van der Waals surface area contributed by atoms with E-state index in [0.717, 1.165) is 84.4 Å². The molecule has 0 radical (unpaired) electrons. The first-order chi connectivity index (χ1) is 28.4. The first kappa shape index (κ1) is 41.0. The van der Waals surface area contributed by atoms with E-state index in [2.05, 4.69) is 110 Å². The molecular formula is C48H52N8O2. The maximum absolute atomic E-state index is 5.90. The predicted molar refractivity (Wildman–Crippen MR) is 237 cm³/mol. The molecule has 296 valence electrons. The summed E-state index contributed by atoms with van der Waals surface area (Å²) in [6, 6.07) is 36.4. The maximum Gasteiger partial charge on any atom is 0.227 e. The zero-order valence-corrected chi connectivity index (χ0v) is 33.4. The number of benzene rings is 4. The summed E-state index contributed by atoms with van der Waals surface area (Å²) in [6.45, 7) is 12.2. The molecule has 1 aliphatic rings. The Hall–Kier alpha value is -6.62. The Bertz CT molecular complexity index is 2280. The smallest absolute Gasteiger partial charge is 0.227 e. The lowest BCUT2D eigenvalue weighted by atomic mass is 10.1. The second-order valence-electron chi connectivity index (χ2n) is 14.0. The molecule has 4 aromatic carbocycles. The molecule has 10 heteroatoms. The van der Waals surface area contributed by atoms with Gasteiger partial charge in [-0.05, 0) is 98.7 Å². The summed E-state index contributed by atoms with van der Waals surface area (Å²) in [5.74, 6) is 2.81. The molecule has 58 heavy (non-hydrogen) atoms. The lowest BCUT2D eigenvalue weighted by molar-refractivity contribution is 0.324. The van der Waals surface area contributed by atoms with Gasteiger partial charge in [-0.15, -0.1) is 13.2 Å². The van der Waals surface area contributed by atoms with E-state index >= 15 is 0 Å². The van der Waals surface area contributed by atoms with Gasteiger partial charge in [-0.2, -0.15) is 0 Å². The lowest BCUT2D eigenvalue weighted by Crippen LogP contribution is -2.17. The average molecular weight is 773 g/mol. The monoisotopic (exact) mass is 772 g/mol. The number of likely N-dealkylation sites (N-methyl/N-ethyl adjacent to an activating group) is 2. The Kier molecular flexibility index (Phi) is 15.3. The topological polar surface area (TPSA) is 101 Å². The van der Waals surface area contributed by atoms with E-state index in [4.69, 9.17) is 9.47 Å². The van der Waals surface area contributed by atoms with Crippen LogP contribution in [-0.2, 0) is 13.1 Å². The molecule has 0 atom stereocenters. The molecule has 0 aliphatic carbocycles. The lowest BCUT2D eigenvalue weighted by Gasteiger charge is -2.15. The largest absolute Gasteiger partial charge is 0.493 e. The van der Waals surface area contributed by atoms with Crippen LogP contribution in [0.5, 0.6) is 11.5 Å². The SMILES string of the molecule is C=CCCOc1cccc(-c2ccnc(Nc3cccc(CN(C)CC=C)c3)n2)c1.CN1C/C=C/CCOc2cccc(c2)-c2ccnc(n2)Nc2cccc(c2)C1. The molecule has 10 nitrogen and oxygen atoms in total. The fourth-order valence-electron chi connectivity index (χ4n) is 6.25. The molecule has 3 heterocycles. The summed E-state index contributed by atoms with van der Waals surface area (Å²) in [5.41, 5.74) is 8.09. The van der Waals surface area contributed by atoms with E-state index in [1.807, 2.05) is 91.0 Å². The summed E-state index contributed by atoms with van der Waals surface area (Å²) in [6.07, 6.45) is 13.4. The highest BCUT2D eigenvalue weighted by Crippen LogP contribution is 2.26. The standard InChI is InChI=1S/C25H28N4O.C23H24N4O/c1-4-6-16-30-23-12-8-10-21(18-23)24-13-14-26-25(28-24)27-22-11-7-9-20(17-22)19-29(3)15-5-2;1-27-13-3-2-4-14-28-21-10-6-8-19(16-21)22-11-12-24-23(26-22)25-20-9-5-7-18(15-20)17-27/h4-5,7-14,17-18H,1-2,6,15-16,19H2,3H3,(H,26,27,28);2-3,5-12,15-16H,4,13-14,17H2,1H3,(H,24,25,26)/b;3-2+. The van der Waals surface area contributed by atoms with E-state index in [9.17, 15) is 0 Å². The van der Waals surface area contributed by atoms with Crippen LogP contribution >= 0.6 is 0 Å². The molecule has 2 N–H and O–H groups in total. The van der Waals surface area contributed by atoms with Crippen LogP contribution in [0.25, 0.3) is 22.5 Å². The fourth-order valence-corrected chi connectivity index (χ4v) is 6.25. The van der Waals surface area contributed by atoms with Gasteiger partial charge >= 0.3 is 0 Å². The number of rotatable bonds is 11. The van der Waals surface area contributed by atoms with Crippen molar-refractivity contribution in [3.05, 3.63) is 170 Å². The second kappa shape index (κ2) is 21.6. The summed E-state index contributed by atoms with van der Waals surface area (Å²) in [4.78, 5) is 22.6. The third-order valence-electron chi connectivity index (χ3n) is 9.01. The van der Waals surface area contributed by atoms with Gasteiger partial charge in [0, 0.05) is 61.1 Å². The van der Waals surface area contributed by atoms with Gasteiger partial charge in [-0.3, -0.25) is 9.80 Å². The van der Waals surface area contributed by atoms with Gasteiger partial charge in [0.2, 0.25) is 11.9 Å². The number of hydrogen-bond acceptors (Lipinski definition) is 10. The Morgan fingerprint density at radius 1 is 0.845 bits per heavy atom. The Balaban J connectivity index is 0.000000196. The number of nitrogens with one attached hydrogen (secondary N) is 2. The molecular weight excluding hydrogens is 721 g/mol. The number of ether oxygens (including phenoxy) is 2. The van der Waals surface area contributed by atoms with Crippen LogP contribution < -0.4 is 20.1 Å². The van der Waals surface area contributed by atoms with Crippen molar-refractivity contribution in [2.45, 2.75) is 25.9 Å². The highest BCUT2D eigenvalue weighted by atomic mass is 16.5. The minimum Gasteiger partial charge on any atom is -0.493 e. The van der Waals surface area contributed by atoms with Crippen molar-refractivity contribution in [3.8, 4) is 34.0 Å². The highest BCUT2D eigenvalue weighted by Gasteiger charge is 2.08. The van der Waals surface area contributed by atoms with E-state index < -0.39 is 0 Å². The number of fused-ring (bicyclic) bond motifs is 7. The third kappa shape index (κ3) is 13.0. The summed E-state index contributed by atoms with van der Waals surface area (Å²) in [7, 11) is 4.20. The average Bonchev–Trinajstić information content (AvgIpc) is 3.23. The molecule has 0 unspecified atom stereocenters. The van der Waals surface area contributed by atoms with Crippen LogP contribution in [0.4, 0.5) is 23.3 Å². The molecule has 0 fully saturated rings. The van der Waals surface area contributed by atoms with Crippen molar-refractivity contribution in [2.24, 2.45) is 0 Å². The second-order valence-corrected chi connectivity index (χ2v) is 14.0. The van der Waals surface area contributed by atoms with Crippen molar-refractivity contribution in [1.82, 2.24) is 29.7 Å². The van der Waals surface area contributed by atoms with Gasteiger partial charge in [-0.25, -0.2) is 19.9 Å². The van der Waals surface area contributed by atoms with Gasteiger partial charge in [0.05, 0.1) is 24.6 Å². The first-order valence-corrected chi connectivity index (χ1v) is 19.5. The molecule has 6 aromatic rings. The normalized spacial score (nSPS) is 13.3. The number of hydrogen-bond donors (Lipinski definition) is 2. The van der Waals surface area contributed by atoms with Crippen LogP contribution in [0.2, 0.25) is 0 Å². The Labute approximate surface area is 342 Å². The van der Waals surface area contributed by atoms with Crippen LogP contribution in [0.3, 0.4) is 0 Å². The molecule has 0 amide bonds. The van der Waals surface area contributed by atoms with Gasteiger partial charge in [-0.1, -0.05) is 72.8 Å². The minimum absolute atomic E-state index is 0.557. The molecule has 0 spiro atoms. The van der Waals surface area contributed by atoms with Crippen molar-refractivity contribution in [2.75, 3.05) is 51.0 Å². The van der Waals surface area contributed by atoms with E-state index in [1.54, 1.807) is 12.4 Å². The van der Waals surface area contributed by atoms with Crippen LogP contribution in [0.15, 0.2) is 159 Å². The van der Waals surface area contributed by atoms with E-state index in [1.165, 1.54) is 11.1 Å². The van der Waals surface area contributed by atoms with Crippen LogP contribution in [0.1, 0.15) is 24.0 Å². The van der Waals surface area contributed by atoms with E-state index in [-0.39, 0.29) is 0 Å². The van der Waals surface area contributed by atoms with E-state index in [0.29, 0.717) is 25.1 Å². The highest BCUT2D eigenvalue weighted by molar-refractivity contribution is 5.65. The van der Waals surface area contributed by atoms with Crippen molar-refractivity contribution < 1.29 is 9.47 Å². The first-order valence-electron chi connectivity index (χ1n) is 19.5. The summed E-state index contributed by atoms with van der Waals surface area (Å²) < 4.78 is 11.7. The van der Waals surface area contributed by atoms with Gasteiger partial charge < -0.3 is 20.1 Å². The van der Waals surface area contributed by atoms with Gasteiger partial charge in [0.25, 0.3) is 0 Å². The quantitative estimate of drug-likeness (QED) is 0.0978. The van der Waals surface area contributed by atoms with Crippen molar-refractivity contribution in [3.63, 3.8) is 0 Å². The Morgan fingerprint density at radius 3 is 2.50 bits per heavy atom. The zero-order valence-electron chi connectivity index (χ0n) is 33.4. The van der Waals surface area contributed by atoms with Crippen molar-refractivity contribution in [1.29, 1.82) is 0 Å². The van der Waals surface area contributed by atoms with Crippen LogP contribution in [-0.4, -0.2) is 70.1 Å². The molecule has 6 bridgehead atoms. The molecule has 1 aliphatic heterocycles.